The fourth-order valence-electron chi connectivity index (χ4n) is 6.99. The fourth-order valence-corrected chi connectivity index (χ4v) is 6.99. The highest BCUT2D eigenvalue weighted by atomic mass is 16.7. The van der Waals surface area contributed by atoms with Crippen LogP contribution in [0, 0.1) is 5.92 Å². The molecule has 1 aliphatic heterocycles. The summed E-state index contributed by atoms with van der Waals surface area (Å²) in [6, 6.07) is 49.0. The third-order valence-electron chi connectivity index (χ3n) is 9.99. The highest BCUT2D eigenvalue weighted by Gasteiger charge is 2.38. The average molecular weight is 731 g/mol. The molecule has 1 aromatic heterocycles. The van der Waals surface area contributed by atoms with Gasteiger partial charge in [0.1, 0.15) is 11.5 Å². The number of hydrogen-bond donors (Lipinski definition) is 3. The summed E-state index contributed by atoms with van der Waals surface area (Å²) in [7, 11) is 0. The number of carbonyl (C=O) groups excluding carboxylic acids is 1. The van der Waals surface area contributed by atoms with E-state index in [1.807, 2.05) is 128 Å². The summed E-state index contributed by atoms with van der Waals surface area (Å²) >= 11 is 0. The predicted octanol–water partition coefficient (Wildman–Crippen LogP) is 9.80. The van der Waals surface area contributed by atoms with E-state index in [2.05, 4.69) is 57.4 Å². The molecule has 2 heterocycles. The van der Waals surface area contributed by atoms with Crippen LogP contribution in [0.5, 0.6) is 11.5 Å². The Hall–Kier alpha value is -6.26. The van der Waals surface area contributed by atoms with E-state index >= 15 is 0 Å². The molecular formula is C46H42N4O5. The summed E-state index contributed by atoms with van der Waals surface area (Å²) in [5.41, 5.74) is 8.44. The number of amides is 2. The van der Waals surface area contributed by atoms with E-state index in [0.717, 1.165) is 50.2 Å². The number of urea groups is 1. The Morgan fingerprint density at radius 3 is 2.27 bits per heavy atom. The van der Waals surface area contributed by atoms with Crippen LogP contribution in [0.15, 0.2) is 158 Å². The topological polar surface area (TPSA) is 107 Å². The van der Waals surface area contributed by atoms with E-state index in [0.29, 0.717) is 24.5 Å². The summed E-state index contributed by atoms with van der Waals surface area (Å²) in [6.07, 6.45) is 0.841. The molecule has 7 aromatic rings. The second-order valence-electron chi connectivity index (χ2n) is 13.8. The normalized spacial score (nSPS) is 18.1. The third-order valence-corrected chi connectivity index (χ3v) is 9.99. The molecule has 9 nitrogen and oxygen atoms in total. The first-order chi connectivity index (χ1) is 27.0. The van der Waals surface area contributed by atoms with Crippen molar-refractivity contribution < 1.29 is 24.1 Å². The molecule has 1 saturated heterocycles. The zero-order valence-corrected chi connectivity index (χ0v) is 30.4. The standard InChI is InChI=1S/C46H42N4O5/c1-31-43(28-50-30-48-41-15-5-6-16-42(41)50)54-45(55-44(31)34-19-17-32(29-51)18-20-34)37-12-8-11-36(26-37)35-10-7-9-33(25-35)27-47-46(52)49-38-21-23-40(24-22-38)53-39-13-3-2-4-14-39/h2-26,30-31,43-45,51H,27-29H2,1H3,(H2,47,49,52). The average Bonchev–Trinajstić information content (AvgIpc) is 3.64. The van der Waals surface area contributed by atoms with E-state index in [9.17, 15) is 9.90 Å². The zero-order chi connectivity index (χ0) is 37.6. The van der Waals surface area contributed by atoms with Crippen molar-refractivity contribution in [1.29, 1.82) is 0 Å². The molecule has 6 aromatic carbocycles. The Kier molecular flexibility index (Phi) is 10.7. The van der Waals surface area contributed by atoms with Crippen LogP contribution in [0.1, 0.15) is 41.6 Å². The van der Waals surface area contributed by atoms with E-state index in [1.54, 1.807) is 0 Å². The quantitative estimate of drug-likeness (QED) is 0.122. The molecule has 4 unspecified atom stereocenters. The van der Waals surface area contributed by atoms with Crippen LogP contribution in [-0.4, -0.2) is 26.8 Å². The van der Waals surface area contributed by atoms with Crippen LogP contribution in [0.25, 0.3) is 22.2 Å². The first-order valence-corrected chi connectivity index (χ1v) is 18.5. The monoisotopic (exact) mass is 730 g/mol. The molecule has 0 saturated carbocycles. The molecular weight excluding hydrogens is 689 g/mol. The van der Waals surface area contributed by atoms with E-state index < -0.39 is 6.29 Å². The van der Waals surface area contributed by atoms with Gasteiger partial charge in [0.15, 0.2) is 6.29 Å². The third kappa shape index (κ3) is 8.45. The molecule has 55 heavy (non-hydrogen) atoms. The summed E-state index contributed by atoms with van der Waals surface area (Å²) in [6.45, 7) is 3.12. The summed E-state index contributed by atoms with van der Waals surface area (Å²) in [5.74, 6) is 1.46. The molecule has 0 spiro atoms. The van der Waals surface area contributed by atoms with Gasteiger partial charge in [0, 0.05) is 23.7 Å². The number of anilines is 1. The number of aliphatic hydroxyl groups is 1. The van der Waals surface area contributed by atoms with Crippen molar-refractivity contribution in [2.75, 3.05) is 5.32 Å². The van der Waals surface area contributed by atoms with Gasteiger partial charge in [0.2, 0.25) is 0 Å². The van der Waals surface area contributed by atoms with Gasteiger partial charge in [-0.3, -0.25) is 0 Å². The Morgan fingerprint density at radius 2 is 1.47 bits per heavy atom. The molecule has 4 atom stereocenters. The number of aliphatic hydroxyl groups excluding tert-OH is 1. The lowest BCUT2D eigenvalue weighted by Crippen LogP contribution is -2.39. The number of ether oxygens (including phenoxy) is 3. The highest BCUT2D eigenvalue weighted by Crippen LogP contribution is 2.43. The van der Waals surface area contributed by atoms with Crippen LogP contribution < -0.4 is 15.4 Å². The number of carbonyl (C=O) groups is 1. The van der Waals surface area contributed by atoms with Gasteiger partial charge in [0.25, 0.3) is 0 Å². The van der Waals surface area contributed by atoms with Gasteiger partial charge >= 0.3 is 6.03 Å². The number of aromatic nitrogens is 2. The van der Waals surface area contributed by atoms with Crippen molar-refractivity contribution in [1.82, 2.24) is 14.9 Å². The molecule has 9 heteroatoms. The van der Waals surface area contributed by atoms with Crippen LogP contribution in [0.3, 0.4) is 0 Å². The van der Waals surface area contributed by atoms with Crippen molar-refractivity contribution in [2.24, 2.45) is 5.92 Å². The minimum atomic E-state index is -0.619. The molecule has 1 aliphatic rings. The van der Waals surface area contributed by atoms with Crippen molar-refractivity contribution in [2.45, 2.75) is 45.1 Å². The van der Waals surface area contributed by atoms with Gasteiger partial charge in [-0.15, -0.1) is 0 Å². The predicted molar refractivity (Wildman–Crippen MR) is 213 cm³/mol. The van der Waals surface area contributed by atoms with E-state index in [-0.39, 0.29) is 30.8 Å². The number of rotatable bonds is 11. The summed E-state index contributed by atoms with van der Waals surface area (Å²) in [5, 5.41) is 15.5. The largest absolute Gasteiger partial charge is 0.457 e. The van der Waals surface area contributed by atoms with Crippen molar-refractivity contribution in [3.8, 4) is 22.6 Å². The van der Waals surface area contributed by atoms with Crippen molar-refractivity contribution in [3.05, 3.63) is 180 Å². The molecule has 2 amide bonds. The zero-order valence-electron chi connectivity index (χ0n) is 30.4. The van der Waals surface area contributed by atoms with E-state index in [4.69, 9.17) is 14.2 Å². The number of para-hydroxylation sites is 3. The van der Waals surface area contributed by atoms with Gasteiger partial charge in [-0.25, -0.2) is 9.78 Å². The van der Waals surface area contributed by atoms with E-state index in [1.165, 1.54) is 0 Å². The number of nitrogens with zero attached hydrogens (tertiary/aromatic N) is 2. The van der Waals surface area contributed by atoms with Crippen LogP contribution in [0.2, 0.25) is 0 Å². The summed E-state index contributed by atoms with van der Waals surface area (Å²) < 4.78 is 21.6. The lowest BCUT2D eigenvalue weighted by atomic mass is 9.90. The minimum absolute atomic E-state index is 0.0127. The molecule has 8 rings (SSSR count). The van der Waals surface area contributed by atoms with Gasteiger partial charge in [0.05, 0.1) is 42.7 Å². The lowest BCUT2D eigenvalue weighted by molar-refractivity contribution is -0.276. The molecule has 0 radical (unpaired) electrons. The van der Waals surface area contributed by atoms with Gasteiger partial charge in [-0.05, 0) is 88.5 Å². The summed E-state index contributed by atoms with van der Waals surface area (Å²) in [4.78, 5) is 17.4. The number of benzene rings is 6. The number of nitrogens with one attached hydrogen (secondary N) is 2. The molecule has 276 valence electrons. The second-order valence-corrected chi connectivity index (χ2v) is 13.8. The first-order valence-electron chi connectivity index (χ1n) is 18.5. The smallest absolute Gasteiger partial charge is 0.319 e. The SMILES string of the molecule is CC1C(Cn2cnc3ccccc32)OC(c2cccc(-c3cccc(CNC(=O)Nc4ccc(Oc5ccccc5)cc4)c3)c2)OC1c1ccc(CO)cc1. The Balaban J connectivity index is 0.960. The van der Waals surface area contributed by atoms with Crippen LogP contribution in [0.4, 0.5) is 10.5 Å². The maximum Gasteiger partial charge on any atom is 0.319 e. The number of fused-ring (bicyclic) bond motifs is 1. The van der Waals surface area contributed by atoms with Crippen LogP contribution in [-0.2, 0) is 29.2 Å². The van der Waals surface area contributed by atoms with Gasteiger partial charge < -0.3 is 34.5 Å². The Morgan fingerprint density at radius 1 is 0.745 bits per heavy atom. The molecule has 0 bridgehead atoms. The Bertz CT molecular complexity index is 2360. The first kappa shape index (κ1) is 35.8. The van der Waals surface area contributed by atoms with Crippen LogP contribution >= 0.6 is 0 Å². The van der Waals surface area contributed by atoms with Crippen molar-refractivity contribution in [3.63, 3.8) is 0 Å². The Labute approximate surface area is 320 Å². The molecule has 1 fully saturated rings. The lowest BCUT2D eigenvalue weighted by Gasteiger charge is -2.41. The second kappa shape index (κ2) is 16.4. The van der Waals surface area contributed by atoms with Crippen molar-refractivity contribution >= 4 is 22.8 Å². The highest BCUT2D eigenvalue weighted by molar-refractivity contribution is 5.89. The number of hydrogen-bond acceptors (Lipinski definition) is 6. The van der Waals surface area contributed by atoms with Gasteiger partial charge in [-0.2, -0.15) is 0 Å². The fraction of sp³-hybridized carbons (Fsp3) is 0.174. The maximum atomic E-state index is 12.8. The molecule has 0 aliphatic carbocycles. The maximum absolute atomic E-state index is 12.8. The van der Waals surface area contributed by atoms with Gasteiger partial charge in [-0.1, -0.05) is 97.9 Å². The molecule has 3 N–H and O–H groups in total. The number of imidazole rings is 1. The minimum Gasteiger partial charge on any atom is -0.457 e.